The van der Waals surface area contributed by atoms with Gasteiger partial charge in [0.1, 0.15) is 11.0 Å². The van der Waals surface area contributed by atoms with Crippen molar-refractivity contribution in [3.8, 4) is 17.2 Å². The second kappa shape index (κ2) is 8.76. The monoisotopic (exact) mass is 498 g/mol. The van der Waals surface area contributed by atoms with Crippen molar-refractivity contribution in [1.29, 1.82) is 0 Å². The molecule has 1 aliphatic heterocycles. The van der Waals surface area contributed by atoms with Gasteiger partial charge in [0.2, 0.25) is 12.7 Å². The average Bonchev–Trinajstić information content (AvgIpc) is 3.49. The van der Waals surface area contributed by atoms with Crippen LogP contribution in [-0.4, -0.2) is 33.0 Å². The Morgan fingerprint density at radius 2 is 1.92 bits per heavy atom. The van der Waals surface area contributed by atoms with Crippen LogP contribution in [0.5, 0.6) is 11.5 Å². The molecule has 0 unspecified atom stereocenters. The lowest BCUT2D eigenvalue weighted by Gasteiger charge is -2.15. The zero-order valence-corrected chi connectivity index (χ0v) is 20.4. The van der Waals surface area contributed by atoms with E-state index in [0.29, 0.717) is 33.4 Å². The van der Waals surface area contributed by atoms with E-state index in [1.54, 1.807) is 22.8 Å². The van der Waals surface area contributed by atoms with Gasteiger partial charge in [0.05, 0.1) is 11.4 Å². The number of hydrogen-bond acceptors (Lipinski definition) is 6. The van der Waals surface area contributed by atoms with Gasteiger partial charge in [0.15, 0.2) is 16.7 Å². The summed E-state index contributed by atoms with van der Waals surface area (Å²) in [4.78, 5) is 34.7. The zero-order chi connectivity index (χ0) is 24.8. The van der Waals surface area contributed by atoms with Gasteiger partial charge in [-0.1, -0.05) is 42.1 Å². The molecule has 1 amide bonds. The molecule has 2 N–H and O–H groups in total. The molecule has 0 aliphatic carbocycles. The van der Waals surface area contributed by atoms with Gasteiger partial charge in [-0.3, -0.25) is 14.2 Å². The Balaban J connectivity index is 1.39. The van der Waals surface area contributed by atoms with Gasteiger partial charge in [0, 0.05) is 22.7 Å². The number of H-pyrrole nitrogens is 1. The summed E-state index contributed by atoms with van der Waals surface area (Å²) in [6.07, 6.45) is 0. The number of thioether (sulfide) groups is 1. The minimum atomic E-state index is -0.223. The number of fused-ring (bicyclic) bond motifs is 4. The second-order valence-corrected chi connectivity index (χ2v) is 9.57. The third-order valence-corrected chi connectivity index (χ3v) is 7.03. The summed E-state index contributed by atoms with van der Waals surface area (Å²) in [5, 5.41) is 4.20. The molecule has 1 aliphatic rings. The van der Waals surface area contributed by atoms with Crippen molar-refractivity contribution in [2.24, 2.45) is 0 Å². The number of rotatable bonds is 5. The summed E-state index contributed by atoms with van der Waals surface area (Å²) < 4.78 is 12.3. The van der Waals surface area contributed by atoms with E-state index in [2.05, 4.69) is 10.3 Å². The number of nitrogens with zero attached hydrogens (tertiary/aromatic N) is 2. The quantitative estimate of drug-likeness (QED) is 0.263. The molecule has 180 valence electrons. The van der Waals surface area contributed by atoms with Crippen LogP contribution in [0, 0.1) is 13.8 Å². The maximum Gasteiger partial charge on any atom is 0.283 e. The predicted octanol–water partition coefficient (Wildman–Crippen LogP) is 4.94. The highest BCUT2D eigenvalue weighted by molar-refractivity contribution is 7.99. The number of carbonyl (C=O) groups is 1. The van der Waals surface area contributed by atoms with Crippen molar-refractivity contribution >= 4 is 45.3 Å². The van der Waals surface area contributed by atoms with E-state index in [-0.39, 0.29) is 24.0 Å². The van der Waals surface area contributed by atoms with Crippen LogP contribution in [0.25, 0.3) is 27.6 Å². The van der Waals surface area contributed by atoms with Crippen LogP contribution >= 0.6 is 11.8 Å². The second-order valence-electron chi connectivity index (χ2n) is 8.62. The summed E-state index contributed by atoms with van der Waals surface area (Å²) in [5.41, 5.74) is 4.98. The Hall–Kier alpha value is -4.24. The minimum Gasteiger partial charge on any atom is -0.454 e. The molecule has 0 atom stereocenters. The largest absolute Gasteiger partial charge is 0.454 e. The molecule has 0 saturated carbocycles. The third-order valence-electron chi connectivity index (χ3n) is 6.09. The van der Waals surface area contributed by atoms with Gasteiger partial charge < -0.3 is 19.8 Å². The highest BCUT2D eigenvalue weighted by atomic mass is 32.2. The molecule has 9 heteroatoms. The number of ether oxygens (including phenoxy) is 2. The summed E-state index contributed by atoms with van der Waals surface area (Å²) >= 11 is 1.22. The number of nitrogens with one attached hydrogen (secondary N) is 2. The number of carbonyl (C=O) groups excluding carboxylic acids is 1. The maximum absolute atomic E-state index is 13.8. The Morgan fingerprint density at radius 3 is 2.81 bits per heavy atom. The Kier molecular flexibility index (Phi) is 5.41. The Bertz CT molecular complexity index is 1720. The smallest absolute Gasteiger partial charge is 0.283 e. The van der Waals surface area contributed by atoms with E-state index in [1.807, 2.05) is 56.3 Å². The molecule has 0 fully saturated rings. The van der Waals surface area contributed by atoms with Crippen LogP contribution in [0.4, 0.5) is 5.69 Å². The number of benzene rings is 3. The molecule has 8 nitrogen and oxygen atoms in total. The highest BCUT2D eigenvalue weighted by Crippen LogP contribution is 2.34. The number of hydrogen-bond donors (Lipinski definition) is 2. The molecule has 0 radical (unpaired) electrons. The van der Waals surface area contributed by atoms with E-state index in [1.165, 1.54) is 11.8 Å². The Labute approximate surface area is 210 Å². The molecule has 0 bridgehead atoms. The standard InChI is InChI=1S/C27H22N4O4S/c1-15-7-8-16(2)20(11-15)31-26(33)25-24(18-5-3-4-6-19(18)29-25)30-27(31)36-13-23(32)28-17-9-10-21-22(12-17)35-14-34-21/h3-12,29H,13-14H2,1-2H3,(H,28,32). The lowest BCUT2D eigenvalue weighted by Crippen LogP contribution is -2.23. The SMILES string of the molecule is Cc1ccc(C)c(-n2c(SCC(=O)Nc3ccc4c(c3)OCO4)nc3c([nH]c4ccccc43)c2=O)c1. The van der Waals surface area contributed by atoms with Crippen molar-refractivity contribution in [1.82, 2.24) is 14.5 Å². The molecule has 36 heavy (non-hydrogen) atoms. The molecule has 3 aromatic carbocycles. The third kappa shape index (κ3) is 3.87. The fraction of sp³-hybridized carbons (Fsp3) is 0.148. The number of aromatic amines is 1. The van der Waals surface area contributed by atoms with Gasteiger partial charge in [-0.2, -0.15) is 0 Å². The molecule has 5 aromatic rings. The van der Waals surface area contributed by atoms with Gasteiger partial charge >= 0.3 is 0 Å². The van der Waals surface area contributed by atoms with E-state index >= 15 is 0 Å². The number of aryl methyl sites for hydroxylation is 2. The molecular weight excluding hydrogens is 476 g/mol. The van der Waals surface area contributed by atoms with Crippen LogP contribution in [-0.2, 0) is 4.79 Å². The van der Waals surface area contributed by atoms with Crippen molar-refractivity contribution in [2.45, 2.75) is 19.0 Å². The van der Waals surface area contributed by atoms with E-state index < -0.39 is 0 Å². The lowest BCUT2D eigenvalue weighted by atomic mass is 10.1. The summed E-state index contributed by atoms with van der Waals surface area (Å²) in [7, 11) is 0. The van der Waals surface area contributed by atoms with Crippen molar-refractivity contribution in [3.05, 3.63) is 82.1 Å². The topological polar surface area (TPSA) is 98.2 Å². The number of aromatic nitrogens is 3. The molecule has 0 spiro atoms. The number of para-hydroxylation sites is 1. The maximum atomic E-state index is 13.8. The molecule has 2 aromatic heterocycles. The molecule has 0 saturated heterocycles. The minimum absolute atomic E-state index is 0.0691. The first kappa shape index (κ1) is 22.2. The normalized spacial score (nSPS) is 12.4. The van der Waals surface area contributed by atoms with E-state index in [9.17, 15) is 9.59 Å². The average molecular weight is 499 g/mol. The molecule has 6 rings (SSSR count). The zero-order valence-electron chi connectivity index (χ0n) is 19.6. The summed E-state index contributed by atoms with van der Waals surface area (Å²) in [5.74, 6) is 1.09. The highest BCUT2D eigenvalue weighted by Gasteiger charge is 2.20. The molecule has 3 heterocycles. The van der Waals surface area contributed by atoms with Gasteiger partial charge in [-0.05, 0) is 49.2 Å². The van der Waals surface area contributed by atoms with Crippen molar-refractivity contribution in [2.75, 3.05) is 17.9 Å². The number of amides is 1. The Morgan fingerprint density at radius 1 is 1.08 bits per heavy atom. The van der Waals surface area contributed by atoms with Crippen molar-refractivity contribution < 1.29 is 14.3 Å². The summed E-state index contributed by atoms with van der Waals surface area (Å²) in [6, 6.07) is 18.9. The van der Waals surface area contributed by atoms with E-state index in [0.717, 1.165) is 27.7 Å². The van der Waals surface area contributed by atoms with Gasteiger partial charge in [-0.25, -0.2) is 4.98 Å². The first-order chi connectivity index (χ1) is 17.5. The van der Waals surface area contributed by atoms with Crippen LogP contribution in [0.3, 0.4) is 0 Å². The van der Waals surface area contributed by atoms with Crippen LogP contribution in [0.15, 0.2) is 70.6 Å². The lowest BCUT2D eigenvalue weighted by molar-refractivity contribution is -0.113. The fourth-order valence-electron chi connectivity index (χ4n) is 4.31. The predicted molar refractivity (Wildman–Crippen MR) is 141 cm³/mol. The van der Waals surface area contributed by atoms with Gasteiger partial charge in [-0.15, -0.1) is 0 Å². The van der Waals surface area contributed by atoms with Crippen LogP contribution < -0.4 is 20.3 Å². The van der Waals surface area contributed by atoms with E-state index in [4.69, 9.17) is 14.5 Å². The van der Waals surface area contributed by atoms with Crippen molar-refractivity contribution in [3.63, 3.8) is 0 Å². The van der Waals surface area contributed by atoms with Crippen LogP contribution in [0.1, 0.15) is 11.1 Å². The fourth-order valence-corrected chi connectivity index (χ4v) is 5.11. The first-order valence-corrected chi connectivity index (χ1v) is 12.4. The summed E-state index contributed by atoms with van der Waals surface area (Å²) in [6.45, 7) is 4.10. The first-order valence-electron chi connectivity index (χ1n) is 11.4. The molecular formula is C27H22N4O4S. The van der Waals surface area contributed by atoms with Crippen LogP contribution in [0.2, 0.25) is 0 Å². The number of anilines is 1. The van der Waals surface area contributed by atoms with Gasteiger partial charge in [0.25, 0.3) is 5.56 Å².